The predicted octanol–water partition coefficient (Wildman–Crippen LogP) is 9.18. The van der Waals surface area contributed by atoms with E-state index in [1.807, 2.05) is 6.92 Å². The number of hydrogen-bond donors (Lipinski definition) is 3. The Morgan fingerprint density at radius 3 is 2.21 bits per heavy atom. The van der Waals surface area contributed by atoms with E-state index in [-0.39, 0.29) is 68.9 Å². The second-order valence-electron chi connectivity index (χ2n) is 22.1. The number of benzene rings is 1. The zero-order valence-corrected chi connectivity index (χ0v) is 36.6. The Balaban J connectivity index is 0.960. The number of piperidine rings is 1. The van der Waals surface area contributed by atoms with Crippen LogP contribution in [0.15, 0.2) is 35.4 Å². The fraction of sp³-hybridized carbons (Fsp3) is 0.760. The first-order chi connectivity index (χ1) is 27.4. The number of allylic oxidation sites excluding steroid dienone is 2. The van der Waals surface area contributed by atoms with Gasteiger partial charge < -0.3 is 20.4 Å². The van der Waals surface area contributed by atoms with Gasteiger partial charge in [0.2, 0.25) is 5.91 Å². The highest BCUT2D eigenvalue weighted by molar-refractivity contribution is 6.01. The molecule has 8 nitrogen and oxygen atoms in total. The van der Waals surface area contributed by atoms with E-state index in [4.69, 9.17) is 0 Å². The number of aliphatic hydroxyl groups excluding tert-OH is 1. The molecule has 58 heavy (non-hydrogen) atoms. The van der Waals surface area contributed by atoms with Crippen molar-refractivity contribution in [3.8, 4) is 0 Å². The third-order valence-electron chi connectivity index (χ3n) is 18.7. The van der Waals surface area contributed by atoms with Gasteiger partial charge in [-0.2, -0.15) is 0 Å². The summed E-state index contributed by atoms with van der Waals surface area (Å²) in [6.45, 7) is 18.6. The Morgan fingerprint density at radius 1 is 0.862 bits per heavy atom. The van der Waals surface area contributed by atoms with E-state index in [1.165, 1.54) is 12.0 Å². The molecule has 0 spiro atoms. The monoisotopic (exact) mass is 797 g/mol. The number of aliphatic carboxylic acids is 1. The van der Waals surface area contributed by atoms with Gasteiger partial charge in [-0.1, -0.05) is 66.2 Å². The third kappa shape index (κ3) is 6.82. The summed E-state index contributed by atoms with van der Waals surface area (Å²) < 4.78 is 0. The van der Waals surface area contributed by atoms with E-state index in [0.29, 0.717) is 61.8 Å². The second kappa shape index (κ2) is 15.2. The van der Waals surface area contributed by atoms with Crippen LogP contribution in [0.2, 0.25) is 0 Å². The third-order valence-corrected chi connectivity index (χ3v) is 18.7. The molecule has 1 aromatic rings. The molecule has 8 heteroatoms. The predicted molar refractivity (Wildman–Crippen MR) is 227 cm³/mol. The number of ketones is 2. The van der Waals surface area contributed by atoms with Crippen molar-refractivity contribution in [1.29, 1.82) is 0 Å². The maximum absolute atomic E-state index is 14.1. The van der Waals surface area contributed by atoms with Crippen molar-refractivity contribution in [2.75, 3.05) is 18.0 Å². The first-order valence-electron chi connectivity index (χ1n) is 23.2. The quantitative estimate of drug-likeness (QED) is 0.216. The highest BCUT2D eigenvalue weighted by atomic mass is 16.4. The number of aliphatic hydroxyl groups is 1. The number of hydrogen-bond acceptors (Lipinski definition) is 6. The molecule has 0 aromatic heterocycles. The molecule has 0 bridgehead atoms. The highest BCUT2D eigenvalue weighted by Gasteiger charge is 2.66. The minimum absolute atomic E-state index is 0.0279. The summed E-state index contributed by atoms with van der Waals surface area (Å²) in [7, 11) is 0. The van der Waals surface area contributed by atoms with Crippen molar-refractivity contribution in [2.24, 2.45) is 74.9 Å². The summed E-state index contributed by atoms with van der Waals surface area (Å²) in [6.07, 6.45) is 12.1. The summed E-state index contributed by atoms with van der Waals surface area (Å²) >= 11 is 0. The average Bonchev–Trinajstić information content (AvgIpc) is 3.46. The van der Waals surface area contributed by atoms with Crippen LogP contribution < -0.4 is 10.2 Å². The van der Waals surface area contributed by atoms with Gasteiger partial charge in [-0.25, -0.2) is 0 Å². The van der Waals surface area contributed by atoms with E-state index in [0.717, 1.165) is 87.7 Å². The largest absolute Gasteiger partial charge is 0.481 e. The summed E-state index contributed by atoms with van der Waals surface area (Å²) in [4.78, 5) is 55.6. The summed E-state index contributed by atoms with van der Waals surface area (Å²) in [5, 5.41) is 22.7. The van der Waals surface area contributed by atoms with Crippen LogP contribution in [0.3, 0.4) is 0 Å². The average molecular weight is 797 g/mol. The van der Waals surface area contributed by atoms with Crippen molar-refractivity contribution in [2.45, 2.75) is 151 Å². The smallest absolute Gasteiger partial charge is 0.306 e. The summed E-state index contributed by atoms with van der Waals surface area (Å²) in [5.41, 5.74) is 4.61. The lowest BCUT2D eigenvalue weighted by atomic mass is 9.35. The molecular formula is C50H72N2O6. The van der Waals surface area contributed by atoms with Gasteiger partial charge in [0.05, 0.1) is 12.0 Å². The van der Waals surface area contributed by atoms with Gasteiger partial charge in [0.15, 0.2) is 5.78 Å². The van der Waals surface area contributed by atoms with Crippen LogP contribution in [0, 0.1) is 74.9 Å². The minimum Gasteiger partial charge on any atom is -0.481 e. The zero-order valence-electron chi connectivity index (χ0n) is 36.6. The van der Waals surface area contributed by atoms with Crippen LogP contribution >= 0.6 is 0 Å². The van der Waals surface area contributed by atoms with E-state index in [1.54, 1.807) is 0 Å². The first kappa shape index (κ1) is 41.7. The molecule has 1 aromatic carbocycles. The van der Waals surface area contributed by atoms with E-state index < -0.39 is 5.97 Å². The van der Waals surface area contributed by atoms with Crippen LogP contribution in [-0.2, 0) is 25.7 Å². The Labute approximate surface area is 347 Å². The van der Waals surface area contributed by atoms with E-state index in [9.17, 15) is 29.4 Å². The minimum atomic E-state index is -0.763. The number of fused-ring (bicyclic) bond motifs is 7. The van der Waals surface area contributed by atoms with Crippen molar-refractivity contribution in [1.82, 2.24) is 5.32 Å². The number of Topliss-reactive ketones (excluding diaryl/α,β-unsaturated/α-hetero) is 2. The molecule has 3 N–H and O–H groups in total. The van der Waals surface area contributed by atoms with Gasteiger partial charge in [0.1, 0.15) is 5.78 Å². The molecule has 1 saturated heterocycles. The summed E-state index contributed by atoms with van der Waals surface area (Å²) in [6, 6.07) is 8.44. The van der Waals surface area contributed by atoms with Crippen molar-refractivity contribution < 1.29 is 29.4 Å². The Hall–Kier alpha value is -3.00. The van der Waals surface area contributed by atoms with Gasteiger partial charge >= 0.3 is 5.97 Å². The number of nitrogens with one attached hydrogen (secondary N) is 1. The lowest BCUT2D eigenvalue weighted by molar-refractivity contribution is -0.193. The number of carbonyl (C=O) groups excluding carboxylic acids is 3. The second-order valence-corrected chi connectivity index (χ2v) is 22.1. The zero-order chi connectivity index (χ0) is 41.5. The van der Waals surface area contributed by atoms with Gasteiger partial charge in [-0.05, 0) is 152 Å². The van der Waals surface area contributed by atoms with Gasteiger partial charge in [0.25, 0.3) is 0 Å². The molecule has 318 valence electrons. The van der Waals surface area contributed by atoms with Gasteiger partial charge in [-0.3, -0.25) is 19.2 Å². The number of rotatable bonds is 10. The first-order valence-corrected chi connectivity index (χ1v) is 23.2. The molecule has 1 amide bonds. The number of carbonyl (C=O) groups is 4. The molecule has 6 fully saturated rings. The molecule has 7 aliphatic rings. The maximum atomic E-state index is 14.1. The van der Waals surface area contributed by atoms with Crippen molar-refractivity contribution >= 4 is 29.1 Å². The fourth-order valence-electron chi connectivity index (χ4n) is 15.5. The number of anilines is 1. The maximum Gasteiger partial charge on any atom is 0.306 e. The Morgan fingerprint density at radius 2 is 1.55 bits per heavy atom. The van der Waals surface area contributed by atoms with Gasteiger partial charge in [0, 0.05) is 55.9 Å². The number of nitrogens with zero attached hydrogens (tertiary/aromatic N) is 1. The van der Waals surface area contributed by atoms with Crippen LogP contribution in [0.25, 0.3) is 0 Å². The SMILES string of the molecule is CC(C)C1=C2C3CCC4C(C)(CCC5C(C)(C)C(CC(=O)C6CC(C(=O)O)C6C)CCC54C)C3CCC2(CC(=O)NCc2ccc(N3CCC(O)CC3)cc2)CC1=O. The molecule has 11 unspecified atom stereocenters. The fourth-order valence-corrected chi connectivity index (χ4v) is 15.5. The van der Waals surface area contributed by atoms with Crippen LogP contribution in [0.5, 0.6) is 0 Å². The Kier molecular flexibility index (Phi) is 10.9. The molecule has 11 atom stereocenters. The molecular weight excluding hydrogens is 725 g/mol. The summed E-state index contributed by atoms with van der Waals surface area (Å²) in [5.74, 6) is 1.72. The molecule has 1 heterocycles. The van der Waals surface area contributed by atoms with E-state index in [2.05, 4.69) is 76.0 Å². The van der Waals surface area contributed by atoms with Crippen LogP contribution in [0.4, 0.5) is 5.69 Å². The Bertz CT molecular complexity index is 1820. The van der Waals surface area contributed by atoms with Crippen LogP contribution in [-0.4, -0.2) is 52.8 Å². The number of carboxylic acids is 1. The molecule has 5 saturated carbocycles. The normalized spacial score (nSPS) is 39.6. The van der Waals surface area contributed by atoms with Gasteiger partial charge in [-0.15, -0.1) is 0 Å². The lowest BCUT2D eigenvalue weighted by Crippen LogP contribution is -2.62. The topological polar surface area (TPSA) is 124 Å². The number of carboxylic acid groups (broad SMARTS) is 1. The standard InChI is InChI=1S/C50H72N2O6/c1-29(2)44-40(55)26-50(27-43(56)51-28-31-8-10-33(11-9-31)52-22-17-34(53)18-23-52)21-15-38-35(45(44)50)12-13-42-48(38,6)20-16-41-47(4,5)32(14-19-49(41,42)7)24-39(54)36-25-37(30(36)3)46(57)58/h8-11,29-30,32,34-38,41-42,53H,12-28H2,1-7H3,(H,51,56)(H,57,58). The molecule has 0 radical (unpaired) electrons. The highest BCUT2D eigenvalue weighted by Crippen LogP contribution is 2.74. The number of amides is 1. The van der Waals surface area contributed by atoms with Crippen LogP contribution in [0.1, 0.15) is 144 Å². The molecule has 1 aliphatic heterocycles. The molecule has 8 rings (SSSR count). The molecule has 6 aliphatic carbocycles. The lowest BCUT2D eigenvalue weighted by Gasteiger charge is -2.69. The van der Waals surface area contributed by atoms with Crippen molar-refractivity contribution in [3.05, 3.63) is 41.0 Å². The van der Waals surface area contributed by atoms with Crippen molar-refractivity contribution in [3.63, 3.8) is 0 Å². The van der Waals surface area contributed by atoms with E-state index >= 15 is 0 Å².